The predicted molar refractivity (Wildman–Crippen MR) is 122 cm³/mol. The first-order chi connectivity index (χ1) is 16.8. The molecule has 0 aliphatic carbocycles. The highest BCUT2D eigenvalue weighted by molar-refractivity contribution is 5.83. The molecule has 3 aromatic rings. The van der Waals surface area contributed by atoms with E-state index in [9.17, 15) is 22.4 Å². The van der Waals surface area contributed by atoms with Crippen LogP contribution >= 0.6 is 0 Å². The molecular formula is C26H27F4NO4. The number of benzene rings is 2. The molecule has 0 atom stereocenters. The normalized spacial score (nSPS) is 14.9. The quantitative estimate of drug-likeness (QED) is 0.296. The van der Waals surface area contributed by atoms with Crippen LogP contribution in [0.5, 0.6) is 5.75 Å². The van der Waals surface area contributed by atoms with Gasteiger partial charge >= 0.3 is 12.1 Å². The number of aryl methyl sites for hydroxylation is 1. The first-order valence-electron chi connectivity index (χ1n) is 11.6. The number of alkyl halides is 3. The van der Waals surface area contributed by atoms with Crippen molar-refractivity contribution in [3.8, 4) is 5.75 Å². The Morgan fingerprint density at radius 1 is 1.14 bits per heavy atom. The van der Waals surface area contributed by atoms with Gasteiger partial charge in [-0.2, -0.15) is 13.2 Å². The number of H-pyrrole nitrogens is 1. The average Bonchev–Trinajstić information content (AvgIpc) is 3.16. The average molecular weight is 493 g/mol. The summed E-state index contributed by atoms with van der Waals surface area (Å²) in [5, 5.41) is 0.284. The largest absolute Gasteiger partial charge is 0.489 e. The molecule has 2 aromatic carbocycles. The van der Waals surface area contributed by atoms with Crippen molar-refractivity contribution in [1.82, 2.24) is 4.98 Å². The molecule has 35 heavy (non-hydrogen) atoms. The van der Waals surface area contributed by atoms with Gasteiger partial charge in [0.2, 0.25) is 0 Å². The van der Waals surface area contributed by atoms with E-state index in [1.807, 2.05) is 0 Å². The van der Waals surface area contributed by atoms with Crippen molar-refractivity contribution in [1.29, 1.82) is 0 Å². The van der Waals surface area contributed by atoms with Crippen LogP contribution < -0.4 is 4.74 Å². The van der Waals surface area contributed by atoms with E-state index in [0.29, 0.717) is 42.9 Å². The summed E-state index contributed by atoms with van der Waals surface area (Å²) in [6, 6.07) is 9.06. The number of rotatable bonds is 8. The number of nitrogens with one attached hydrogen (secondary N) is 1. The summed E-state index contributed by atoms with van der Waals surface area (Å²) < 4.78 is 72.0. The third kappa shape index (κ3) is 5.96. The highest BCUT2D eigenvalue weighted by atomic mass is 19.4. The van der Waals surface area contributed by atoms with Gasteiger partial charge in [-0.15, -0.1) is 0 Å². The molecule has 1 aliphatic rings. The van der Waals surface area contributed by atoms with Gasteiger partial charge in [0.25, 0.3) is 0 Å². The summed E-state index contributed by atoms with van der Waals surface area (Å²) in [5.74, 6) is -0.757. The Morgan fingerprint density at radius 3 is 2.63 bits per heavy atom. The lowest BCUT2D eigenvalue weighted by molar-refractivity contribution is -0.143. The van der Waals surface area contributed by atoms with E-state index in [1.165, 1.54) is 12.1 Å². The Balaban J connectivity index is 1.48. The second-order valence-electron chi connectivity index (χ2n) is 8.52. The summed E-state index contributed by atoms with van der Waals surface area (Å²) in [6.07, 6.45) is -3.15. The third-order valence-electron chi connectivity index (χ3n) is 6.15. The number of carbonyl (C=O) groups excluding carboxylic acids is 1. The number of esters is 1. The fourth-order valence-corrected chi connectivity index (χ4v) is 4.39. The second-order valence-corrected chi connectivity index (χ2v) is 8.52. The van der Waals surface area contributed by atoms with Gasteiger partial charge in [0.1, 0.15) is 12.4 Å². The van der Waals surface area contributed by atoms with Crippen molar-refractivity contribution in [2.24, 2.45) is 0 Å². The zero-order chi connectivity index (χ0) is 25.0. The van der Waals surface area contributed by atoms with E-state index in [4.69, 9.17) is 14.2 Å². The summed E-state index contributed by atoms with van der Waals surface area (Å²) in [4.78, 5) is 14.5. The maximum atomic E-state index is 14.8. The van der Waals surface area contributed by atoms with Crippen molar-refractivity contribution < 1.29 is 36.6 Å². The third-order valence-corrected chi connectivity index (χ3v) is 6.15. The number of ether oxygens (including phenoxy) is 3. The van der Waals surface area contributed by atoms with Crippen LogP contribution in [0.3, 0.4) is 0 Å². The molecular weight excluding hydrogens is 466 g/mol. The monoisotopic (exact) mass is 493 g/mol. The van der Waals surface area contributed by atoms with E-state index in [1.54, 1.807) is 25.1 Å². The van der Waals surface area contributed by atoms with Crippen LogP contribution in [0.15, 0.2) is 36.4 Å². The molecule has 188 valence electrons. The van der Waals surface area contributed by atoms with E-state index in [0.717, 1.165) is 6.07 Å². The van der Waals surface area contributed by atoms with Crippen molar-refractivity contribution in [2.75, 3.05) is 19.8 Å². The van der Waals surface area contributed by atoms with Gasteiger partial charge in [-0.1, -0.05) is 12.1 Å². The molecule has 4 rings (SSSR count). The van der Waals surface area contributed by atoms with Crippen LogP contribution in [-0.4, -0.2) is 30.8 Å². The predicted octanol–water partition coefficient (Wildman–Crippen LogP) is 6.29. The number of aromatic amines is 1. The first kappa shape index (κ1) is 25.0. The number of hydrogen-bond acceptors (Lipinski definition) is 4. The Kier molecular flexibility index (Phi) is 7.64. The summed E-state index contributed by atoms with van der Waals surface area (Å²) in [7, 11) is 0. The van der Waals surface area contributed by atoms with Crippen LogP contribution in [-0.2, 0) is 33.5 Å². The number of fused-ring (bicyclic) bond motifs is 1. The lowest BCUT2D eigenvalue weighted by Crippen LogP contribution is -2.19. The molecule has 1 aliphatic heterocycles. The minimum absolute atomic E-state index is 0.0480. The zero-order valence-electron chi connectivity index (χ0n) is 19.3. The first-order valence-corrected chi connectivity index (χ1v) is 11.6. The second kappa shape index (κ2) is 10.7. The molecule has 0 spiro atoms. The molecule has 0 unspecified atom stereocenters. The van der Waals surface area contributed by atoms with E-state index < -0.39 is 23.5 Å². The Hall–Kier alpha value is -3.07. The SMILES string of the molecule is CCOC(=O)CCc1[nH]c2ccc(OCc3ccc(C4CCOCC4)c(C(F)(F)F)c3)cc2c1F. The van der Waals surface area contributed by atoms with Gasteiger partial charge in [-0.3, -0.25) is 4.79 Å². The maximum Gasteiger partial charge on any atom is 0.416 e. The topological polar surface area (TPSA) is 60.6 Å². The van der Waals surface area contributed by atoms with Gasteiger partial charge < -0.3 is 19.2 Å². The van der Waals surface area contributed by atoms with Crippen LogP contribution in [0.25, 0.3) is 10.9 Å². The summed E-state index contributed by atoms with van der Waals surface area (Å²) in [5.41, 5.74) is 0.829. The van der Waals surface area contributed by atoms with E-state index in [2.05, 4.69) is 4.98 Å². The molecule has 0 amide bonds. The van der Waals surface area contributed by atoms with Crippen molar-refractivity contribution >= 4 is 16.9 Å². The summed E-state index contributed by atoms with van der Waals surface area (Å²) >= 11 is 0. The number of carbonyl (C=O) groups is 1. The van der Waals surface area contributed by atoms with Gasteiger partial charge in [-0.05, 0) is 61.1 Å². The van der Waals surface area contributed by atoms with E-state index >= 15 is 0 Å². The number of hydrogen-bond donors (Lipinski definition) is 1. The minimum Gasteiger partial charge on any atom is -0.489 e. The molecule has 0 bridgehead atoms. The highest BCUT2D eigenvalue weighted by Gasteiger charge is 2.36. The fraction of sp³-hybridized carbons (Fsp3) is 0.423. The Labute approximate surface area is 200 Å². The van der Waals surface area contributed by atoms with E-state index in [-0.39, 0.29) is 48.6 Å². The smallest absolute Gasteiger partial charge is 0.416 e. The number of halogens is 4. The maximum absolute atomic E-state index is 14.8. The molecule has 1 fully saturated rings. The van der Waals surface area contributed by atoms with Crippen LogP contribution in [0.1, 0.15) is 54.5 Å². The van der Waals surface area contributed by atoms with Gasteiger partial charge in [-0.25, -0.2) is 4.39 Å². The Bertz CT molecular complexity index is 1180. The van der Waals surface area contributed by atoms with Gasteiger partial charge in [0, 0.05) is 30.5 Å². The lowest BCUT2D eigenvalue weighted by atomic mass is 9.87. The molecule has 2 heterocycles. The highest BCUT2D eigenvalue weighted by Crippen LogP contribution is 2.39. The molecule has 1 aromatic heterocycles. The van der Waals surface area contributed by atoms with Crippen molar-refractivity contribution in [2.45, 2.75) is 51.3 Å². The summed E-state index contributed by atoms with van der Waals surface area (Å²) in [6.45, 7) is 2.78. The standard InChI is InChI=1S/C26H27F4NO4/c1-2-34-24(32)8-7-23-25(27)20-14-18(4-6-22(20)31-23)35-15-16-3-5-19(17-9-11-33-12-10-17)21(13-16)26(28,29)30/h3-6,13-14,17,31H,2,7-12,15H2,1H3. The lowest BCUT2D eigenvalue weighted by Gasteiger charge is -2.25. The molecule has 9 heteroatoms. The molecule has 0 radical (unpaired) electrons. The van der Waals surface area contributed by atoms with Crippen molar-refractivity contribution in [3.05, 3.63) is 64.6 Å². The van der Waals surface area contributed by atoms with Crippen LogP contribution in [0.2, 0.25) is 0 Å². The molecule has 5 nitrogen and oxygen atoms in total. The Morgan fingerprint density at radius 2 is 1.91 bits per heavy atom. The van der Waals surface area contributed by atoms with Crippen molar-refractivity contribution in [3.63, 3.8) is 0 Å². The van der Waals surface area contributed by atoms with Crippen LogP contribution in [0, 0.1) is 5.82 Å². The fourth-order valence-electron chi connectivity index (χ4n) is 4.39. The zero-order valence-corrected chi connectivity index (χ0v) is 19.3. The molecule has 0 saturated carbocycles. The minimum atomic E-state index is -4.48. The van der Waals surface area contributed by atoms with Gasteiger partial charge in [0.05, 0.1) is 24.3 Å². The molecule has 1 N–H and O–H groups in total. The molecule has 1 saturated heterocycles. The van der Waals surface area contributed by atoms with Crippen LogP contribution in [0.4, 0.5) is 17.6 Å². The van der Waals surface area contributed by atoms with Gasteiger partial charge in [0.15, 0.2) is 5.82 Å². The number of aromatic nitrogens is 1.